The van der Waals surface area contributed by atoms with E-state index in [-0.39, 0.29) is 17.9 Å². The van der Waals surface area contributed by atoms with Crippen molar-refractivity contribution in [1.82, 2.24) is 19.6 Å². The molecule has 3 N–H and O–H groups in total. The Balaban J connectivity index is 1.71. The van der Waals surface area contributed by atoms with E-state index < -0.39 is 0 Å². The van der Waals surface area contributed by atoms with E-state index in [1.807, 2.05) is 33.8 Å². The first-order chi connectivity index (χ1) is 11.7. The van der Waals surface area contributed by atoms with Gasteiger partial charge in [-0.25, -0.2) is 4.98 Å². The molecule has 0 aromatic carbocycles. The molecule has 1 atom stereocenters. The first kappa shape index (κ1) is 16.4. The van der Waals surface area contributed by atoms with Gasteiger partial charge in [0.2, 0.25) is 5.91 Å². The smallest absolute Gasteiger partial charge is 0.255 e. The number of pyridine rings is 1. The average Bonchev–Trinajstić information content (AvgIpc) is 3.07. The SMILES string of the molecule is NCCC(=O)NCC1CCCCN1C(=O)c1ccc2nccn2c1. The van der Waals surface area contributed by atoms with Crippen molar-refractivity contribution in [1.29, 1.82) is 0 Å². The van der Waals surface area contributed by atoms with E-state index in [0.717, 1.165) is 31.5 Å². The lowest BCUT2D eigenvalue weighted by molar-refractivity contribution is -0.121. The number of hydrogen-bond acceptors (Lipinski definition) is 4. The zero-order valence-corrected chi connectivity index (χ0v) is 13.6. The van der Waals surface area contributed by atoms with Gasteiger partial charge in [0, 0.05) is 50.7 Å². The Morgan fingerprint density at radius 1 is 1.33 bits per heavy atom. The van der Waals surface area contributed by atoms with Crippen LogP contribution in [0.2, 0.25) is 0 Å². The molecule has 0 radical (unpaired) electrons. The Labute approximate surface area is 140 Å². The van der Waals surface area contributed by atoms with E-state index >= 15 is 0 Å². The second kappa shape index (κ2) is 7.44. The number of piperidine rings is 1. The second-order valence-corrected chi connectivity index (χ2v) is 6.10. The van der Waals surface area contributed by atoms with Crippen LogP contribution < -0.4 is 11.1 Å². The molecule has 2 amide bonds. The molecule has 3 heterocycles. The van der Waals surface area contributed by atoms with Gasteiger partial charge in [-0.2, -0.15) is 0 Å². The molecule has 7 nitrogen and oxygen atoms in total. The molecule has 1 aliphatic rings. The molecule has 1 aliphatic heterocycles. The average molecular weight is 329 g/mol. The summed E-state index contributed by atoms with van der Waals surface area (Å²) in [4.78, 5) is 30.6. The molecule has 0 saturated carbocycles. The van der Waals surface area contributed by atoms with Crippen LogP contribution in [0.3, 0.4) is 0 Å². The third kappa shape index (κ3) is 3.56. The Bertz CT molecular complexity index is 727. The van der Waals surface area contributed by atoms with E-state index in [1.165, 1.54) is 0 Å². The summed E-state index contributed by atoms with van der Waals surface area (Å²) in [6, 6.07) is 3.69. The number of carbonyl (C=O) groups is 2. The first-order valence-electron chi connectivity index (χ1n) is 8.39. The Hall–Kier alpha value is -2.41. The zero-order valence-electron chi connectivity index (χ0n) is 13.6. The summed E-state index contributed by atoms with van der Waals surface area (Å²) in [6.07, 6.45) is 8.63. The Morgan fingerprint density at radius 2 is 2.21 bits per heavy atom. The van der Waals surface area contributed by atoms with Crippen LogP contribution in [0.1, 0.15) is 36.0 Å². The van der Waals surface area contributed by atoms with Crippen LogP contribution in [0.5, 0.6) is 0 Å². The van der Waals surface area contributed by atoms with Gasteiger partial charge in [-0.05, 0) is 31.4 Å². The lowest BCUT2D eigenvalue weighted by atomic mass is 10.0. The van der Waals surface area contributed by atoms with Gasteiger partial charge in [0.1, 0.15) is 5.65 Å². The summed E-state index contributed by atoms with van der Waals surface area (Å²) >= 11 is 0. The van der Waals surface area contributed by atoms with Crippen molar-refractivity contribution in [3.8, 4) is 0 Å². The van der Waals surface area contributed by atoms with Crippen molar-refractivity contribution >= 4 is 17.5 Å². The largest absolute Gasteiger partial charge is 0.354 e. The van der Waals surface area contributed by atoms with Crippen LogP contribution in [0.4, 0.5) is 0 Å². The van der Waals surface area contributed by atoms with Gasteiger partial charge in [0.05, 0.1) is 5.56 Å². The summed E-state index contributed by atoms with van der Waals surface area (Å²) in [5.41, 5.74) is 6.85. The molecule has 7 heteroatoms. The quantitative estimate of drug-likeness (QED) is 0.848. The number of nitrogens with zero attached hydrogens (tertiary/aromatic N) is 3. The molecule has 1 saturated heterocycles. The maximum atomic E-state index is 12.9. The lowest BCUT2D eigenvalue weighted by Crippen LogP contribution is -2.49. The van der Waals surface area contributed by atoms with Gasteiger partial charge in [-0.3, -0.25) is 9.59 Å². The molecule has 1 unspecified atom stereocenters. The molecule has 1 fully saturated rings. The molecular formula is C17H23N5O2. The number of likely N-dealkylation sites (tertiary alicyclic amines) is 1. The molecule has 0 spiro atoms. The van der Waals surface area contributed by atoms with Crippen molar-refractivity contribution in [3.63, 3.8) is 0 Å². The summed E-state index contributed by atoms with van der Waals surface area (Å²) in [6.45, 7) is 1.54. The minimum Gasteiger partial charge on any atom is -0.354 e. The Morgan fingerprint density at radius 3 is 3.04 bits per heavy atom. The first-order valence-corrected chi connectivity index (χ1v) is 8.39. The van der Waals surface area contributed by atoms with Gasteiger partial charge in [0.15, 0.2) is 0 Å². The predicted octanol–water partition coefficient (Wildman–Crippen LogP) is 0.794. The summed E-state index contributed by atoms with van der Waals surface area (Å²) in [5, 5.41) is 2.89. The highest BCUT2D eigenvalue weighted by Gasteiger charge is 2.27. The van der Waals surface area contributed by atoms with Crippen LogP contribution in [-0.2, 0) is 4.79 Å². The third-order valence-electron chi connectivity index (χ3n) is 4.43. The fraction of sp³-hybridized carbons (Fsp3) is 0.471. The minimum atomic E-state index is -0.0599. The van der Waals surface area contributed by atoms with Crippen molar-refractivity contribution in [2.45, 2.75) is 31.7 Å². The number of nitrogens with one attached hydrogen (secondary N) is 1. The summed E-state index contributed by atoms with van der Waals surface area (Å²) in [7, 11) is 0. The number of rotatable bonds is 5. The molecule has 2 aromatic rings. The van der Waals surface area contributed by atoms with Gasteiger partial charge < -0.3 is 20.4 Å². The summed E-state index contributed by atoms with van der Waals surface area (Å²) < 4.78 is 1.84. The van der Waals surface area contributed by atoms with E-state index in [4.69, 9.17) is 5.73 Å². The molecular weight excluding hydrogens is 306 g/mol. The molecule has 2 aromatic heterocycles. The molecule has 0 aliphatic carbocycles. The topological polar surface area (TPSA) is 92.7 Å². The van der Waals surface area contributed by atoms with Gasteiger partial charge in [0.25, 0.3) is 5.91 Å². The number of hydrogen-bond donors (Lipinski definition) is 2. The highest BCUT2D eigenvalue weighted by atomic mass is 16.2. The van der Waals surface area contributed by atoms with E-state index in [0.29, 0.717) is 25.1 Å². The fourth-order valence-corrected chi connectivity index (χ4v) is 3.14. The number of carbonyl (C=O) groups excluding carboxylic acids is 2. The van der Waals surface area contributed by atoms with Gasteiger partial charge >= 0.3 is 0 Å². The number of aromatic nitrogens is 2. The molecule has 128 valence electrons. The monoisotopic (exact) mass is 329 g/mol. The van der Waals surface area contributed by atoms with Crippen molar-refractivity contribution < 1.29 is 9.59 Å². The highest BCUT2D eigenvalue weighted by molar-refractivity contribution is 5.94. The van der Waals surface area contributed by atoms with Crippen molar-refractivity contribution in [2.24, 2.45) is 5.73 Å². The molecule has 24 heavy (non-hydrogen) atoms. The minimum absolute atomic E-state index is 0.00312. The zero-order chi connectivity index (χ0) is 16.9. The number of imidazole rings is 1. The molecule has 3 rings (SSSR count). The predicted molar refractivity (Wildman–Crippen MR) is 90.5 cm³/mol. The van der Waals surface area contributed by atoms with Crippen LogP contribution in [0.15, 0.2) is 30.7 Å². The standard InChI is InChI=1S/C17H23N5O2/c18-7-6-16(23)20-11-14-3-1-2-9-22(14)17(24)13-4-5-15-19-8-10-21(15)12-13/h4-5,8,10,12,14H,1-3,6-7,9,11,18H2,(H,20,23). The number of amides is 2. The summed E-state index contributed by atoms with van der Waals surface area (Å²) in [5.74, 6) is -0.0568. The second-order valence-electron chi connectivity index (χ2n) is 6.10. The fourth-order valence-electron chi connectivity index (χ4n) is 3.14. The normalized spacial score (nSPS) is 17.9. The van der Waals surface area contributed by atoms with Crippen LogP contribution >= 0.6 is 0 Å². The van der Waals surface area contributed by atoms with Crippen molar-refractivity contribution in [3.05, 3.63) is 36.3 Å². The maximum Gasteiger partial charge on any atom is 0.255 e. The highest BCUT2D eigenvalue weighted by Crippen LogP contribution is 2.19. The van der Waals surface area contributed by atoms with E-state index in [1.54, 1.807) is 6.20 Å². The molecule has 0 bridgehead atoms. The van der Waals surface area contributed by atoms with Crippen LogP contribution in [0, 0.1) is 0 Å². The van der Waals surface area contributed by atoms with Crippen LogP contribution in [-0.4, -0.2) is 51.8 Å². The number of nitrogens with two attached hydrogens (primary N) is 1. The Kier molecular flexibility index (Phi) is 5.10. The van der Waals surface area contributed by atoms with E-state index in [2.05, 4.69) is 10.3 Å². The number of fused-ring (bicyclic) bond motifs is 1. The van der Waals surface area contributed by atoms with Crippen LogP contribution in [0.25, 0.3) is 5.65 Å². The van der Waals surface area contributed by atoms with Gasteiger partial charge in [-0.15, -0.1) is 0 Å². The maximum absolute atomic E-state index is 12.9. The van der Waals surface area contributed by atoms with E-state index in [9.17, 15) is 9.59 Å². The van der Waals surface area contributed by atoms with Gasteiger partial charge in [-0.1, -0.05) is 0 Å². The van der Waals surface area contributed by atoms with Crippen molar-refractivity contribution in [2.75, 3.05) is 19.6 Å². The third-order valence-corrected chi connectivity index (χ3v) is 4.43. The lowest BCUT2D eigenvalue weighted by Gasteiger charge is -2.36.